The summed E-state index contributed by atoms with van der Waals surface area (Å²) in [5.74, 6) is -8.96. The fourth-order valence-corrected chi connectivity index (χ4v) is 7.88. The second-order valence-corrected chi connectivity index (χ2v) is 16.2. The number of halogens is 2. The molecule has 0 aromatic heterocycles. The number of hydrogen-bond acceptors (Lipinski definition) is 7. The van der Waals surface area contributed by atoms with Crippen molar-refractivity contribution in [3.05, 3.63) is 35.9 Å². The molecule has 1 aliphatic heterocycles. The third-order valence-electron chi connectivity index (χ3n) is 11.2. The molecule has 6 atom stereocenters. The summed E-state index contributed by atoms with van der Waals surface area (Å²) >= 11 is 0. The van der Waals surface area contributed by atoms with E-state index in [1.807, 2.05) is 44.2 Å². The number of primary amides is 1. The number of amides is 5. The molecule has 5 rings (SSSR count). The molecule has 14 heteroatoms. The number of Topliss-reactive ketones (excluding diaryl/α,β-unsaturated/α-hetero) is 1. The van der Waals surface area contributed by atoms with Gasteiger partial charge in [-0.25, -0.2) is 18.4 Å². The highest BCUT2D eigenvalue weighted by Crippen LogP contribution is 2.65. The van der Waals surface area contributed by atoms with Crippen LogP contribution in [0, 0.1) is 28.6 Å². The molecule has 2 unspecified atom stereocenters. The van der Waals surface area contributed by atoms with E-state index in [2.05, 4.69) is 16.0 Å². The van der Waals surface area contributed by atoms with E-state index in [-0.39, 0.29) is 30.4 Å². The molecule has 0 radical (unpaired) electrons. The van der Waals surface area contributed by atoms with Gasteiger partial charge in [-0.3, -0.25) is 19.2 Å². The molecule has 4 aliphatic rings. The van der Waals surface area contributed by atoms with E-state index in [0.717, 1.165) is 12.0 Å². The monoisotopic (exact) mass is 701 g/mol. The number of urea groups is 1. The number of nitrogens with two attached hydrogens (primary N) is 1. The molecule has 274 valence electrons. The Balaban J connectivity index is 1.32. The summed E-state index contributed by atoms with van der Waals surface area (Å²) in [5.41, 5.74) is 3.52. The SMILES string of the molecule is CC(C)(C)[C@H](NC(=O)NC1(C(=O)OCc2ccccc2)CCCCC1)C(=O)N1C[C@H]2[C@@H]([C@H]1C(=O)NC(CC1CC1(F)F)C(=O)C(N)=O)C2(C)C. The highest BCUT2D eigenvalue weighted by molar-refractivity contribution is 6.37. The van der Waals surface area contributed by atoms with Gasteiger partial charge >= 0.3 is 12.0 Å². The van der Waals surface area contributed by atoms with Crippen LogP contribution in [0.15, 0.2) is 30.3 Å². The van der Waals surface area contributed by atoms with Crippen LogP contribution in [0.4, 0.5) is 13.6 Å². The first kappa shape index (κ1) is 37.2. The lowest BCUT2D eigenvalue weighted by Crippen LogP contribution is -2.64. The van der Waals surface area contributed by atoms with Crippen molar-refractivity contribution in [3.63, 3.8) is 0 Å². The van der Waals surface area contributed by atoms with Crippen molar-refractivity contribution >= 4 is 35.5 Å². The lowest BCUT2D eigenvalue weighted by atomic mass is 9.81. The van der Waals surface area contributed by atoms with E-state index in [1.54, 1.807) is 20.8 Å². The number of piperidine rings is 1. The molecule has 1 aromatic carbocycles. The number of esters is 1. The summed E-state index contributed by atoms with van der Waals surface area (Å²) in [4.78, 5) is 81.1. The van der Waals surface area contributed by atoms with Crippen LogP contribution in [-0.2, 0) is 35.3 Å². The Morgan fingerprint density at radius 2 is 1.62 bits per heavy atom. The smallest absolute Gasteiger partial charge is 0.332 e. The third kappa shape index (κ3) is 7.63. The largest absolute Gasteiger partial charge is 0.459 e. The number of carbonyl (C=O) groups excluding carboxylic acids is 6. The van der Waals surface area contributed by atoms with Gasteiger partial charge in [0, 0.05) is 18.9 Å². The Labute approximate surface area is 291 Å². The number of hydrogen-bond donors (Lipinski definition) is 4. The van der Waals surface area contributed by atoms with Gasteiger partial charge in [-0.2, -0.15) is 0 Å². The summed E-state index contributed by atoms with van der Waals surface area (Å²) in [6.07, 6.45) is 2.10. The average Bonchev–Trinajstić information content (AvgIpc) is 3.71. The zero-order valence-corrected chi connectivity index (χ0v) is 29.4. The topological polar surface area (TPSA) is 177 Å². The maximum atomic E-state index is 14.4. The van der Waals surface area contributed by atoms with Crippen LogP contribution in [0.3, 0.4) is 0 Å². The number of carbonyl (C=O) groups is 6. The van der Waals surface area contributed by atoms with E-state index in [1.165, 1.54) is 4.90 Å². The maximum Gasteiger partial charge on any atom is 0.332 e. The van der Waals surface area contributed by atoms with Crippen molar-refractivity contribution in [2.24, 2.45) is 34.3 Å². The van der Waals surface area contributed by atoms with Crippen LogP contribution in [-0.4, -0.2) is 76.5 Å². The van der Waals surface area contributed by atoms with Crippen LogP contribution >= 0.6 is 0 Å². The maximum absolute atomic E-state index is 14.4. The second-order valence-electron chi connectivity index (χ2n) is 16.2. The first-order valence-corrected chi connectivity index (χ1v) is 17.4. The predicted molar refractivity (Wildman–Crippen MR) is 177 cm³/mol. The zero-order valence-electron chi connectivity index (χ0n) is 29.4. The Bertz CT molecular complexity index is 1520. The number of benzene rings is 1. The number of nitrogens with zero attached hydrogens (tertiary/aromatic N) is 1. The summed E-state index contributed by atoms with van der Waals surface area (Å²) in [5, 5.41) is 8.10. The Kier molecular flexibility index (Phi) is 10.1. The molecule has 12 nitrogen and oxygen atoms in total. The molecular formula is C36H49F2N5O7. The number of likely N-dealkylation sites (tertiary alicyclic amines) is 1. The molecule has 5 amide bonds. The fraction of sp³-hybridized carbons (Fsp3) is 0.667. The second kappa shape index (κ2) is 13.6. The molecule has 50 heavy (non-hydrogen) atoms. The Hall–Kier alpha value is -4.10. The highest BCUT2D eigenvalue weighted by atomic mass is 19.3. The van der Waals surface area contributed by atoms with Crippen molar-refractivity contribution in [2.75, 3.05) is 6.54 Å². The number of nitrogens with one attached hydrogen (secondary N) is 3. The van der Waals surface area contributed by atoms with Crippen molar-refractivity contribution in [2.45, 2.75) is 116 Å². The van der Waals surface area contributed by atoms with Crippen LogP contribution in [0.25, 0.3) is 0 Å². The zero-order chi connectivity index (χ0) is 36.8. The van der Waals surface area contributed by atoms with Gasteiger partial charge in [0.05, 0.1) is 6.04 Å². The first-order chi connectivity index (χ1) is 23.3. The lowest BCUT2D eigenvalue weighted by molar-refractivity contribution is -0.154. The van der Waals surface area contributed by atoms with E-state index in [4.69, 9.17) is 10.5 Å². The molecule has 3 saturated carbocycles. The van der Waals surface area contributed by atoms with Gasteiger partial charge in [-0.15, -0.1) is 0 Å². The molecule has 1 heterocycles. The van der Waals surface area contributed by atoms with E-state index in [9.17, 15) is 37.5 Å². The van der Waals surface area contributed by atoms with Crippen molar-refractivity contribution < 1.29 is 42.3 Å². The van der Waals surface area contributed by atoms with Crippen molar-refractivity contribution in [3.8, 4) is 0 Å². The predicted octanol–water partition coefficient (Wildman–Crippen LogP) is 3.21. The molecule has 0 bridgehead atoms. The molecule has 3 aliphatic carbocycles. The minimum Gasteiger partial charge on any atom is -0.459 e. The fourth-order valence-electron chi connectivity index (χ4n) is 7.88. The van der Waals surface area contributed by atoms with E-state index in [0.29, 0.717) is 25.7 Å². The number of ether oxygens (including phenoxy) is 1. The van der Waals surface area contributed by atoms with E-state index >= 15 is 0 Å². The average molecular weight is 702 g/mol. The Morgan fingerprint density at radius 3 is 2.18 bits per heavy atom. The van der Waals surface area contributed by atoms with Gasteiger partial charge in [-0.05, 0) is 47.5 Å². The minimum atomic E-state index is -3.00. The molecule has 1 aromatic rings. The highest BCUT2D eigenvalue weighted by Gasteiger charge is 2.70. The lowest BCUT2D eigenvalue weighted by Gasteiger charge is -2.39. The minimum absolute atomic E-state index is 0.0416. The van der Waals surface area contributed by atoms with Crippen LogP contribution in [0.5, 0.6) is 0 Å². The number of rotatable bonds is 12. The summed E-state index contributed by atoms with van der Waals surface area (Å²) in [6.45, 7) is 9.41. The first-order valence-electron chi connectivity index (χ1n) is 17.4. The van der Waals surface area contributed by atoms with Gasteiger partial charge in [0.15, 0.2) is 0 Å². The Morgan fingerprint density at radius 1 is 1.00 bits per heavy atom. The third-order valence-corrected chi connectivity index (χ3v) is 11.2. The number of ketones is 1. The van der Waals surface area contributed by atoms with Gasteiger partial charge in [0.25, 0.3) is 11.8 Å². The quantitative estimate of drug-likeness (QED) is 0.191. The summed E-state index contributed by atoms with van der Waals surface area (Å²) < 4.78 is 33.2. The molecule has 5 N–H and O–H groups in total. The van der Waals surface area contributed by atoms with Gasteiger partial charge in [0.2, 0.25) is 17.6 Å². The van der Waals surface area contributed by atoms with Gasteiger partial charge in [-0.1, -0.05) is 84.2 Å². The van der Waals surface area contributed by atoms with Crippen molar-refractivity contribution in [1.82, 2.24) is 20.9 Å². The molecule has 1 saturated heterocycles. The molecular weight excluding hydrogens is 652 g/mol. The van der Waals surface area contributed by atoms with Crippen molar-refractivity contribution in [1.29, 1.82) is 0 Å². The van der Waals surface area contributed by atoms with Crippen LogP contribution in [0.2, 0.25) is 0 Å². The standard InChI is InChI=1S/C36H49F2N5O7/c1-33(2,3)27(41-32(49)42-35(14-10-7-11-15-35)31(48)50-19-20-12-8-6-9-13-20)30(47)43-18-22-24(34(22,4)5)25(43)29(46)40-23(26(44)28(39)45)16-21-17-36(21,37)38/h6,8-9,12-13,21-25,27H,7,10-11,14-19H2,1-5H3,(H2,39,45)(H,40,46)(H2,41,42,49)/t21?,22-,23?,24-,25-,27+/m0/s1. The van der Waals surface area contributed by atoms with Gasteiger partial charge < -0.3 is 31.3 Å². The normalized spacial score (nSPS) is 26.7. The van der Waals surface area contributed by atoms with Crippen LogP contribution in [0.1, 0.15) is 85.1 Å². The number of alkyl halides is 2. The van der Waals surface area contributed by atoms with Crippen LogP contribution < -0.4 is 21.7 Å². The molecule has 4 fully saturated rings. The summed E-state index contributed by atoms with van der Waals surface area (Å²) in [6, 6.07) is 4.66. The molecule has 0 spiro atoms. The summed E-state index contributed by atoms with van der Waals surface area (Å²) in [7, 11) is 0. The number of fused-ring (bicyclic) bond motifs is 1. The van der Waals surface area contributed by atoms with E-state index < -0.39 is 89.3 Å². The van der Waals surface area contributed by atoms with Gasteiger partial charge in [0.1, 0.15) is 24.2 Å².